The fraction of sp³-hybridized carbons (Fsp3) is 0.160. The molecule has 1 aliphatic rings. The number of nitrogens with zero attached hydrogens (tertiary/aromatic N) is 5. The number of piperazine rings is 1. The highest BCUT2D eigenvalue weighted by molar-refractivity contribution is 7.99. The molecule has 3 heterocycles. The third-order valence-corrected chi connectivity index (χ3v) is 9.16. The van der Waals surface area contributed by atoms with Gasteiger partial charge in [-0.1, -0.05) is 48.2 Å². The third-order valence-electron chi connectivity index (χ3n) is 6.13. The van der Waals surface area contributed by atoms with Crippen molar-refractivity contribution in [3.05, 3.63) is 79.0 Å². The smallest absolute Gasteiger partial charge is 0.245 e. The Morgan fingerprint density at radius 1 is 0.743 bits per heavy atom. The van der Waals surface area contributed by atoms with E-state index in [1.54, 1.807) is 18.3 Å². The molecule has 0 spiro atoms. The van der Waals surface area contributed by atoms with E-state index in [0.717, 1.165) is 26.4 Å². The van der Waals surface area contributed by atoms with Gasteiger partial charge in [-0.25, -0.2) is 13.0 Å². The van der Waals surface area contributed by atoms with Crippen molar-refractivity contribution in [3.63, 3.8) is 0 Å². The second-order valence-corrected chi connectivity index (χ2v) is 11.2. The van der Waals surface area contributed by atoms with Gasteiger partial charge in [0.05, 0.1) is 5.52 Å². The zero-order valence-electron chi connectivity index (χ0n) is 18.6. The number of pyridine rings is 1. The zero-order valence-corrected chi connectivity index (χ0v) is 20.2. The van der Waals surface area contributed by atoms with Crippen LogP contribution in [0.15, 0.2) is 98.3 Å². The van der Waals surface area contributed by atoms with Crippen LogP contribution in [-0.4, -0.2) is 54.2 Å². The van der Waals surface area contributed by atoms with Gasteiger partial charge < -0.3 is 4.90 Å². The summed E-state index contributed by atoms with van der Waals surface area (Å²) in [5.41, 5.74) is 2.63. The molecule has 0 unspecified atom stereocenters. The highest BCUT2D eigenvalue weighted by Crippen LogP contribution is 2.38. The van der Waals surface area contributed by atoms with Gasteiger partial charge in [0.1, 0.15) is 4.90 Å². The van der Waals surface area contributed by atoms with Crippen LogP contribution in [0.2, 0.25) is 0 Å². The molecule has 1 saturated heterocycles. The monoisotopic (exact) mass is 503 g/mol. The number of para-hydroxylation sites is 2. The van der Waals surface area contributed by atoms with E-state index in [-0.39, 0.29) is 10.4 Å². The lowest BCUT2D eigenvalue weighted by molar-refractivity contribution is 0.314. The molecular weight excluding hydrogens is 482 g/mol. The van der Waals surface area contributed by atoms with E-state index >= 15 is 0 Å². The van der Waals surface area contributed by atoms with E-state index in [2.05, 4.69) is 20.2 Å². The molecule has 1 fully saturated rings. The lowest BCUT2D eigenvalue weighted by Crippen LogP contribution is -2.48. The first-order valence-corrected chi connectivity index (χ1v) is 13.4. The highest BCUT2D eigenvalue weighted by atomic mass is 32.2. The third kappa shape index (κ3) is 4.03. The average molecular weight is 504 g/mol. The van der Waals surface area contributed by atoms with Gasteiger partial charge in [0.25, 0.3) is 0 Å². The Morgan fingerprint density at radius 3 is 2.31 bits per heavy atom. The molecule has 0 aliphatic carbocycles. The standard InChI is InChI=1S/C25H21N5O3S2/c31-35(32,30-16-14-29(15-17-30)19-8-2-1-3-9-19)22-12-11-21(24-25(22)28-33-27-24)34-20-10-4-6-18-7-5-13-26-23(18)20/h1-13H,14-17H2. The summed E-state index contributed by atoms with van der Waals surface area (Å²) < 4.78 is 33.7. The van der Waals surface area contributed by atoms with E-state index in [9.17, 15) is 8.42 Å². The van der Waals surface area contributed by atoms with Crippen LogP contribution >= 0.6 is 11.8 Å². The van der Waals surface area contributed by atoms with Gasteiger partial charge in [-0.2, -0.15) is 4.31 Å². The first-order valence-electron chi connectivity index (χ1n) is 11.2. The van der Waals surface area contributed by atoms with Gasteiger partial charge in [-0.15, -0.1) is 0 Å². The topological polar surface area (TPSA) is 92.4 Å². The van der Waals surface area contributed by atoms with Crippen LogP contribution < -0.4 is 4.90 Å². The SMILES string of the molecule is O=S(=O)(c1ccc(Sc2cccc3cccnc23)c2nonc12)N1CCN(c2ccccc2)CC1. The Kier molecular flexibility index (Phi) is 5.63. The van der Waals surface area contributed by atoms with Crippen molar-refractivity contribution >= 4 is 49.4 Å². The van der Waals surface area contributed by atoms with Crippen molar-refractivity contribution in [3.8, 4) is 0 Å². The number of anilines is 1. The number of benzene rings is 3. The van der Waals surface area contributed by atoms with Crippen LogP contribution in [0.5, 0.6) is 0 Å². The van der Waals surface area contributed by atoms with Crippen molar-refractivity contribution in [2.45, 2.75) is 14.7 Å². The van der Waals surface area contributed by atoms with Crippen LogP contribution in [0.25, 0.3) is 21.9 Å². The molecule has 176 valence electrons. The van der Waals surface area contributed by atoms with Gasteiger partial charge in [0.2, 0.25) is 10.0 Å². The Bertz CT molecular complexity index is 1610. The van der Waals surface area contributed by atoms with Crippen LogP contribution in [0, 0.1) is 0 Å². The van der Waals surface area contributed by atoms with E-state index in [1.807, 2.05) is 60.7 Å². The van der Waals surface area contributed by atoms with Gasteiger partial charge in [-0.05, 0) is 46.7 Å². The maximum atomic E-state index is 13.6. The Morgan fingerprint density at radius 2 is 1.49 bits per heavy atom. The number of aromatic nitrogens is 3. The van der Waals surface area contributed by atoms with Crippen molar-refractivity contribution in [2.24, 2.45) is 0 Å². The second-order valence-electron chi connectivity index (χ2n) is 8.18. The molecule has 5 aromatic rings. The molecule has 8 nitrogen and oxygen atoms in total. The van der Waals surface area contributed by atoms with Crippen LogP contribution in [-0.2, 0) is 10.0 Å². The van der Waals surface area contributed by atoms with Gasteiger partial charge in [-0.3, -0.25) is 4.98 Å². The molecule has 1 aliphatic heterocycles. The molecule has 35 heavy (non-hydrogen) atoms. The Balaban J connectivity index is 1.29. The maximum absolute atomic E-state index is 13.6. The lowest BCUT2D eigenvalue weighted by atomic mass is 10.2. The molecule has 3 aromatic carbocycles. The van der Waals surface area contributed by atoms with Gasteiger partial charge in [0.15, 0.2) is 11.0 Å². The molecule has 0 bridgehead atoms. The molecule has 0 amide bonds. The number of hydrogen-bond donors (Lipinski definition) is 0. The summed E-state index contributed by atoms with van der Waals surface area (Å²) in [4.78, 5) is 8.51. The molecule has 2 aromatic heterocycles. The average Bonchev–Trinajstić information content (AvgIpc) is 3.40. The van der Waals surface area contributed by atoms with Gasteiger partial charge >= 0.3 is 0 Å². The Labute approximate surface area is 206 Å². The van der Waals surface area contributed by atoms with Crippen LogP contribution in [0.3, 0.4) is 0 Å². The first-order chi connectivity index (χ1) is 17.1. The largest absolute Gasteiger partial charge is 0.369 e. The predicted molar refractivity (Wildman–Crippen MR) is 135 cm³/mol. The summed E-state index contributed by atoms with van der Waals surface area (Å²) in [6.07, 6.45) is 1.76. The zero-order chi connectivity index (χ0) is 23.8. The van der Waals surface area contributed by atoms with E-state index < -0.39 is 10.0 Å². The summed E-state index contributed by atoms with van der Waals surface area (Å²) in [7, 11) is -3.77. The minimum atomic E-state index is -3.77. The normalized spacial score (nSPS) is 15.1. The quantitative estimate of drug-likeness (QED) is 0.348. The fourth-order valence-electron chi connectivity index (χ4n) is 4.35. The van der Waals surface area contributed by atoms with Gasteiger partial charge in [0, 0.05) is 53.2 Å². The number of rotatable bonds is 5. The first kappa shape index (κ1) is 22.0. The van der Waals surface area contributed by atoms with Crippen molar-refractivity contribution < 1.29 is 13.0 Å². The summed E-state index contributed by atoms with van der Waals surface area (Å²) >= 11 is 1.46. The predicted octanol–water partition coefficient (Wildman–Crippen LogP) is 4.43. The molecule has 0 N–H and O–H groups in total. The summed E-state index contributed by atoms with van der Waals surface area (Å²) in [6, 6.07) is 23.3. The van der Waals surface area contributed by atoms with E-state index in [1.165, 1.54) is 16.1 Å². The summed E-state index contributed by atoms with van der Waals surface area (Å²) in [5.74, 6) is 0. The molecule has 10 heteroatoms. The number of sulfonamides is 1. The van der Waals surface area contributed by atoms with Crippen molar-refractivity contribution in [2.75, 3.05) is 31.1 Å². The number of fused-ring (bicyclic) bond motifs is 2. The maximum Gasteiger partial charge on any atom is 0.245 e. The van der Waals surface area contributed by atoms with Crippen LogP contribution in [0.1, 0.15) is 0 Å². The Hall–Kier alpha value is -3.47. The lowest BCUT2D eigenvalue weighted by Gasteiger charge is -2.35. The molecule has 6 rings (SSSR count). The number of hydrogen-bond acceptors (Lipinski definition) is 8. The summed E-state index contributed by atoms with van der Waals surface area (Å²) in [6.45, 7) is 2.02. The molecule has 0 atom stereocenters. The minimum absolute atomic E-state index is 0.113. The van der Waals surface area contributed by atoms with Crippen molar-refractivity contribution in [1.82, 2.24) is 19.6 Å². The van der Waals surface area contributed by atoms with Crippen LogP contribution in [0.4, 0.5) is 5.69 Å². The molecule has 0 radical (unpaired) electrons. The van der Waals surface area contributed by atoms with Crippen molar-refractivity contribution in [1.29, 1.82) is 0 Å². The van der Waals surface area contributed by atoms with E-state index in [0.29, 0.717) is 31.7 Å². The fourth-order valence-corrected chi connectivity index (χ4v) is 6.91. The minimum Gasteiger partial charge on any atom is -0.369 e. The van der Waals surface area contributed by atoms with E-state index in [4.69, 9.17) is 4.63 Å². The second kappa shape index (κ2) is 8.95. The molecule has 0 saturated carbocycles. The highest BCUT2D eigenvalue weighted by Gasteiger charge is 2.32. The summed E-state index contributed by atoms with van der Waals surface area (Å²) in [5, 5.41) is 9.05. The molecular formula is C25H21N5O3S2.